The van der Waals surface area contributed by atoms with Gasteiger partial charge in [-0.3, -0.25) is 0 Å². The van der Waals surface area contributed by atoms with E-state index in [0.717, 1.165) is 6.07 Å². The van der Waals surface area contributed by atoms with E-state index in [2.05, 4.69) is 0 Å². The molecule has 0 amide bonds. The summed E-state index contributed by atoms with van der Waals surface area (Å²) in [5, 5.41) is 27.8. The van der Waals surface area contributed by atoms with Crippen LogP contribution in [0.5, 0.6) is 23.0 Å². The van der Waals surface area contributed by atoms with Crippen molar-refractivity contribution >= 4 is 5.97 Å². The topological polar surface area (TPSA) is 87.0 Å². The van der Waals surface area contributed by atoms with Crippen LogP contribution in [0, 0.1) is 0 Å². The molecule has 0 fully saturated rings. The summed E-state index contributed by atoms with van der Waals surface area (Å²) in [6, 6.07) is 9.28. The van der Waals surface area contributed by atoms with Crippen LogP contribution in [0.15, 0.2) is 42.5 Å². The minimum absolute atomic E-state index is 0.0322. The minimum Gasteiger partial charge on any atom is -0.508 e. The highest BCUT2D eigenvalue weighted by atomic mass is 16.5. The number of hydrogen-bond donors (Lipinski definition) is 3. The summed E-state index contributed by atoms with van der Waals surface area (Å²) in [6.07, 6.45) is 0. The molecule has 92 valence electrons. The molecule has 0 aromatic heterocycles. The lowest BCUT2D eigenvalue weighted by Crippen LogP contribution is -2.08. The van der Waals surface area contributed by atoms with Gasteiger partial charge in [0.15, 0.2) is 0 Å². The van der Waals surface area contributed by atoms with Crippen molar-refractivity contribution in [1.29, 1.82) is 0 Å². The van der Waals surface area contributed by atoms with Crippen molar-refractivity contribution in [3.63, 3.8) is 0 Å². The Morgan fingerprint density at radius 1 is 0.944 bits per heavy atom. The van der Waals surface area contributed by atoms with E-state index in [9.17, 15) is 15.0 Å². The predicted molar refractivity (Wildman–Crippen MR) is 62.8 cm³/mol. The molecule has 0 aliphatic carbocycles. The number of carbonyl (C=O) groups is 1. The van der Waals surface area contributed by atoms with Crippen LogP contribution in [-0.4, -0.2) is 21.3 Å². The van der Waals surface area contributed by atoms with Gasteiger partial charge in [0, 0.05) is 12.1 Å². The van der Waals surface area contributed by atoms with Crippen LogP contribution in [0.3, 0.4) is 0 Å². The van der Waals surface area contributed by atoms with Crippen molar-refractivity contribution < 1.29 is 24.9 Å². The summed E-state index contributed by atoms with van der Waals surface area (Å²) in [5.41, 5.74) is -0.0730. The lowest BCUT2D eigenvalue weighted by atomic mass is 10.2. The minimum atomic E-state index is -0.780. The smallest absolute Gasteiger partial charge is 0.347 e. The number of hydrogen-bond acceptors (Lipinski definition) is 5. The van der Waals surface area contributed by atoms with Gasteiger partial charge in [-0.15, -0.1) is 0 Å². The maximum atomic E-state index is 11.7. The Kier molecular flexibility index (Phi) is 3.05. The second-order valence-electron chi connectivity index (χ2n) is 3.59. The molecular formula is C13H10O5. The van der Waals surface area contributed by atoms with Crippen molar-refractivity contribution in [2.24, 2.45) is 0 Å². The maximum absolute atomic E-state index is 11.7. The zero-order chi connectivity index (χ0) is 13.1. The van der Waals surface area contributed by atoms with E-state index in [1.807, 2.05) is 0 Å². The third-order valence-electron chi connectivity index (χ3n) is 2.23. The van der Waals surface area contributed by atoms with Gasteiger partial charge >= 0.3 is 5.97 Å². The summed E-state index contributed by atoms with van der Waals surface area (Å²) in [4.78, 5) is 11.7. The molecule has 18 heavy (non-hydrogen) atoms. The van der Waals surface area contributed by atoms with Crippen molar-refractivity contribution in [3.05, 3.63) is 48.0 Å². The molecule has 5 heteroatoms. The maximum Gasteiger partial charge on any atom is 0.347 e. The first-order valence-electron chi connectivity index (χ1n) is 5.09. The van der Waals surface area contributed by atoms with Gasteiger partial charge in [0.25, 0.3) is 0 Å². The molecule has 3 N–H and O–H groups in total. The molecule has 2 aromatic carbocycles. The molecule has 0 saturated carbocycles. The SMILES string of the molecule is O=C(Oc1cccc(O)c1)c1ccc(O)cc1O. The van der Waals surface area contributed by atoms with Crippen molar-refractivity contribution in [3.8, 4) is 23.0 Å². The number of carbonyl (C=O) groups excluding carboxylic acids is 1. The first-order chi connectivity index (χ1) is 8.56. The zero-order valence-electron chi connectivity index (χ0n) is 9.20. The van der Waals surface area contributed by atoms with Crippen molar-refractivity contribution in [1.82, 2.24) is 0 Å². The Morgan fingerprint density at radius 2 is 1.67 bits per heavy atom. The number of benzene rings is 2. The summed E-state index contributed by atoms with van der Waals surface area (Å²) < 4.78 is 4.96. The fourth-order valence-electron chi connectivity index (χ4n) is 1.40. The van der Waals surface area contributed by atoms with E-state index >= 15 is 0 Å². The molecule has 5 nitrogen and oxygen atoms in total. The molecule has 0 atom stereocenters. The molecule has 0 bridgehead atoms. The average Bonchev–Trinajstić information content (AvgIpc) is 2.28. The van der Waals surface area contributed by atoms with Crippen LogP contribution in [0.2, 0.25) is 0 Å². The van der Waals surface area contributed by atoms with Crippen molar-refractivity contribution in [2.45, 2.75) is 0 Å². The predicted octanol–water partition coefficient (Wildman–Crippen LogP) is 2.02. The number of aromatic hydroxyl groups is 3. The van der Waals surface area contributed by atoms with Gasteiger partial charge in [-0.25, -0.2) is 4.79 Å². The van der Waals surface area contributed by atoms with Crippen LogP contribution < -0.4 is 4.74 Å². The van der Waals surface area contributed by atoms with Gasteiger partial charge in [-0.1, -0.05) is 6.07 Å². The Bertz CT molecular complexity index is 592. The number of esters is 1. The van der Waals surface area contributed by atoms with Crippen LogP contribution in [0.25, 0.3) is 0 Å². The van der Waals surface area contributed by atoms with Gasteiger partial charge in [-0.05, 0) is 24.3 Å². The van der Waals surface area contributed by atoms with E-state index in [0.29, 0.717) is 0 Å². The molecule has 0 saturated heterocycles. The quantitative estimate of drug-likeness (QED) is 0.557. The molecule has 0 heterocycles. The summed E-state index contributed by atoms with van der Waals surface area (Å²) >= 11 is 0. The molecule has 0 spiro atoms. The average molecular weight is 246 g/mol. The summed E-state index contributed by atoms with van der Waals surface area (Å²) in [7, 11) is 0. The van der Waals surface area contributed by atoms with E-state index in [1.165, 1.54) is 36.4 Å². The van der Waals surface area contributed by atoms with Gasteiger partial charge in [-0.2, -0.15) is 0 Å². The van der Waals surface area contributed by atoms with Crippen LogP contribution in [0.4, 0.5) is 0 Å². The lowest BCUT2D eigenvalue weighted by Gasteiger charge is -2.06. The first kappa shape index (κ1) is 11.8. The monoisotopic (exact) mass is 246 g/mol. The Balaban J connectivity index is 2.22. The second-order valence-corrected chi connectivity index (χ2v) is 3.59. The normalized spacial score (nSPS) is 10.0. The molecule has 0 aliphatic rings. The third-order valence-corrected chi connectivity index (χ3v) is 2.23. The lowest BCUT2D eigenvalue weighted by molar-refractivity contribution is 0.0731. The largest absolute Gasteiger partial charge is 0.508 e. The third kappa shape index (κ3) is 2.52. The molecule has 0 aliphatic heterocycles. The second kappa shape index (κ2) is 4.67. The Hall–Kier alpha value is -2.69. The van der Waals surface area contributed by atoms with Crippen molar-refractivity contribution in [2.75, 3.05) is 0 Å². The van der Waals surface area contributed by atoms with E-state index < -0.39 is 5.97 Å². The van der Waals surface area contributed by atoms with Crippen LogP contribution >= 0.6 is 0 Å². The van der Waals surface area contributed by atoms with E-state index in [1.54, 1.807) is 0 Å². The zero-order valence-corrected chi connectivity index (χ0v) is 9.20. The molecule has 0 unspecified atom stereocenters. The Labute approximate surface area is 103 Å². The Morgan fingerprint density at radius 3 is 2.33 bits per heavy atom. The van der Waals surface area contributed by atoms with E-state index in [4.69, 9.17) is 9.84 Å². The summed E-state index contributed by atoms with van der Waals surface area (Å²) in [5.74, 6) is -1.18. The highest BCUT2D eigenvalue weighted by Gasteiger charge is 2.14. The van der Waals surface area contributed by atoms with Gasteiger partial charge < -0.3 is 20.1 Å². The first-order valence-corrected chi connectivity index (χ1v) is 5.09. The van der Waals surface area contributed by atoms with Gasteiger partial charge in [0.05, 0.1) is 0 Å². The highest BCUT2D eigenvalue weighted by Crippen LogP contribution is 2.25. The fourth-order valence-corrected chi connectivity index (χ4v) is 1.40. The standard InChI is InChI=1S/C13H10O5/c14-8-2-1-3-10(6-8)18-13(17)11-5-4-9(15)7-12(11)16/h1-7,14-16H. The fraction of sp³-hybridized carbons (Fsp3) is 0. The van der Waals surface area contributed by atoms with E-state index in [-0.39, 0.29) is 28.6 Å². The van der Waals surface area contributed by atoms with Gasteiger partial charge in [0.1, 0.15) is 28.6 Å². The number of phenolic OH excluding ortho intramolecular Hbond substituents is 3. The molecule has 2 rings (SSSR count). The van der Waals surface area contributed by atoms with Gasteiger partial charge in [0.2, 0.25) is 0 Å². The molecular weight excluding hydrogens is 236 g/mol. The van der Waals surface area contributed by atoms with Crippen LogP contribution in [0.1, 0.15) is 10.4 Å². The number of ether oxygens (including phenoxy) is 1. The number of rotatable bonds is 2. The highest BCUT2D eigenvalue weighted by molar-refractivity contribution is 5.94. The summed E-state index contributed by atoms with van der Waals surface area (Å²) in [6.45, 7) is 0. The van der Waals surface area contributed by atoms with Crippen LogP contribution in [-0.2, 0) is 0 Å². The molecule has 0 radical (unpaired) electrons. The molecule has 2 aromatic rings. The number of phenols is 3.